The molecule has 290 valence electrons. The van der Waals surface area contributed by atoms with Gasteiger partial charge < -0.3 is 19.5 Å². The topological polar surface area (TPSA) is 96.1 Å². The highest BCUT2D eigenvalue weighted by Gasteiger charge is 2.49. The van der Waals surface area contributed by atoms with Crippen molar-refractivity contribution in [3.05, 3.63) is 92.7 Å². The summed E-state index contributed by atoms with van der Waals surface area (Å²) in [6, 6.07) is 13.7. The number of ether oxygens (including phenoxy) is 1. The molecule has 1 amide bonds. The van der Waals surface area contributed by atoms with Gasteiger partial charge in [-0.3, -0.25) is 9.78 Å². The predicted molar refractivity (Wildman–Crippen MR) is 204 cm³/mol. The SMILES string of the molecule is Cc1nc2c(F)c(-c3cccc(Cl)c3Cl)c(CCC#N)cc2c2c1cc([C@H]1C[C@H](OCc3cccnc3C(F)(F)F)CN1C(=O)C1CC1)n2[C@@H]1CC2CNC[C@@H]21. The number of nitrogens with zero attached hydrogens (tertiary/aromatic N) is 5. The molecule has 0 spiro atoms. The standard InChI is InChI=1S/C42H38Cl2F4N6O2/c1-21-28-16-34(33-15-26(19-53(33)41(55)22-9-10-22)56-20-24-6-4-12-51-40(24)42(46,47)48)54(32-14-25-17-50-18-30(25)32)39(28)29-13-23(5-3-11-49)35(37(45)38(29)52-21)27-7-2-8-31(43)36(27)44/h2,4,6-8,12-13,16,22,25-26,30,32-33,50H,3,5,9-10,14-15,17-20H2,1H3/t25?,26-,30-,32+,33+/m0/s1. The van der Waals surface area contributed by atoms with Gasteiger partial charge in [0.15, 0.2) is 5.82 Å². The minimum Gasteiger partial charge on any atom is -0.372 e. The summed E-state index contributed by atoms with van der Waals surface area (Å²) in [6.45, 7) is 3.52. The first-order valence-electron chi connectivity index (χ1n) is 19.1. The van der Waals surface area contributed by atoms with Crippen molar-refractivity contribution in [2.24, 2.45) is 17.8 Å². The lowest BCUT2D eigenvalue weighted by Gasteiger charge is -2.43. The molecule has 56 heavy (non-hydrogen) atoms. The van der Waals surface area contributed by atoms with Crippen LogP contribution in [0, 0.1) is 41.8 Å². The number of nitrogens with one attached hydrogen (secondary N) is 1. The number of rotatable bonds is 9. The van der Waals surface area contributed by atoms with Crippen LogP contribution in [0.1, 0.15) is 72.4 Å². The van der Waals surface area contributed by atoms with E-state index < -0.39 is 29.8 Å². The molecule has 5 aromatic rings. The van der Waals surface area contributed by atoms with E-state index in [1.54, 1.807) is 18.2 Å². The summed E-state index contributed by atoms with van der Waals surface area (Å²) in [5, 5.41) is 15.1. The zero-order valence-corrected chi connectivity index (χ0v) is 32.0. The number of benzene rings is 2. The van der Waals surface area contributed by atoms with Gasteiger partial charge in [-0.2, -0.15) is 18.4 Å². The van der Waals surface area contributed by atoms with Gasteiger partial charge in [0.05, 0.1) is 40.4 Å². The summed E-state index contributed by atoms with van der Waals surface area (Å²) < 4.78 is 67.2. The van der Waals surface area contributed by atoms with Crippen molar-refractivity contribution in [3.63, 3.8) is 0 Å². The molecule has 0 radical (unpaired) electrons. The Morgan fingerprint density at radius 3 is 2.66 bits per heavy atom. The third kappa shape index (κ3) is 6.31. The van der Waals surface area contributed by atoms with E-state index in [1.807, 2.05) is 17.9 Å². The molecule has 2 saturated heterocycles. The smallest absolute Gasteiger partial charge is 0.372 e. The van der Waals surface area contributed by atoms with Crippen LogP contribution in [-0.2, 0) is 28.7 Å². The largest absolute Gasteiger partial charge is 0.433 e. The summed E-state index contributed by atoms with van der Waals surface area (Å²) in [5.74, 6) is 0.144. The minimum atomic E-state index is -4.63. The fourth-order valence-electron chi connectivity index (χ4n) is 9.37. The highest BCUT2D eigenvalue weighted by Crippen LogP contribution is 2.52. The van der Waals surface area contributed by atoms with E-state index in [0.717, 1.165) is 55.1 Å². The Morgan fingerprint density at radius 2 is 1.91 bits per heavy atom. The van der Waals surface area contributed by atoms with E-state index in [2.05, 4.69) is 27.0 Å². The Balaban J connectivity index is 1.21. The first kappa shape index (κ1) is 37.3. The second-order valence-electron chi connectivity index (χ2n) is 15.6. The molecule has 5 heterocycles. The Labute approximate surface area is 330 Å². The minimum absolute atomic E-state index is 0.0110. The molecule has 1 unspecified atom stereocenters. The molecular formula is C42H38Cl2F4N6O2. The molecule has 14 heteroatoms. The zero-order valence-electron chi connectivity index (χ0n) is 30.5. The van der Waals surface area contributed by atoms with Crippen molar-refractivity contribution < 1.29 is 27.1 Å². The quantitative estimate of drug-likeness (QED) is 0.149. The summed E-state index contributed by atoms with van der Waals surface area (Å²) in [4.78, 5) is 24.3. The van der Waals surface area contributed by atoms with Crippen molar-refractivity contribution in [2.45, 2.75) is 76.4 Å². The van der Waals surface area contributed by atoms with Gasteiger partial charge in [-0.25, -0.2) is 9.37 Å². The number of halogens is 6. The Kier molecular flexibility index (Phi) is 9.51. The van der Waals surface area contributed by atoms with Crippen LogP contribution in [0.25, 0.3) is 32.9 Å². The molecule has 2 aliphatic carbocycles. The van der Waals surface area contributed by atoms with E-state index in [-0.39, 0.29) is 70.5 Å². The number of carbonyl (C=O) groups is 1. The number of likely N-dealkylation sites (tertiary alicyclic amines) is 1. The lowest BCUT2D eigenvalue weighted by molar-refractivity contribution is -0.142. The fraction of sp³-hybridized carbons (Fsp3) is 0.429. The molecule has 2 saturated carbocycles. The van der Waals surface area contributed by atoms with Gasteiger partial charge in [0.1, 0.15) is 11.2 Å². The fourth-order valence-corrected chi connectivity index (χ4v) is 9.76. The number of nitriles is 1. The van der Waals surface area contributed by atoms with E-state index >= 15 is 4.39 Å². The number of fused-ring (bicyclic) bond motifs is 4. The molecule has 2 aliphatic heterocycles. The summed E-state index contributed by atoms with van der Waals surface area (Å²) in [7, 11) is 0. The lowest BCUT2D eigenvalue weighted by Crippen LogP contribution is -2.40. The van der Waals surface area contributed by atoms with Gasteiger partial charge in [0.2, 0.25) is 5.91 Å². The molecule has 4 aliphatic rings. The van der Waals surface area contributed by atoms with E-state index in [1.165, 1.54) is 12.1 Å². The maximum atomic E-state index is 17.2. The van der Waals surface area contributed by atoms with Crippen molar-refractivity contribution in [3.8, 4) is 17.2 Å². The lowest BCUT2D eigenvalue weighted by atomic mass is 9.71. The average molecular weight is 806 g/mol. The van der Waals surface area contributed by atoms with Crippen LogP contribution in [0.5, 0.6) is 0 Å². The number of hydrogen-bond donors (Lipinski definition) is 1. The van der Waals surface area contributed by atoms with Gasteiger partial charge in [-0.1, -0.05) is 41.4 Å². The monoisotopic (exact) mass is 804 g/mol. The van der Waals surface area contributed by atoms with Crippen molar-refractivity contribution >= 4 is 50.9 Å². The Bertz CT molecular complexity index is 2440. The number of hydrogen-bond acceptors (Lipinski definition) is 6. The van der Waals surface area contributed by atoms with E-state index in [0.29, 0.717) is 40.5 Å². The van der Waals surface area contributed by atoms with Gasteiger partial charge in [-0.15, -0.1) is 0 Å². The number of aryl methyl sites for hydroxylation is 2. The molecule has 0 bridgehead atoms. The van der Waals surface area contributed by atoms with Crippen LogP contribution in [-0.4, -0.2) is 51.1 Å². The number of carbonyl (C=O) groups excluding carboxylic acids is 1. The van der Waals surface area contributed by atoms with E-state index in [9.17, 15) is 23.2 Å². The van der Waals surface area contributed by atoms with Crippen LogP contribution in [0.15, 0.2) is 48.7 Å². The highest BCUT2D eigenvalue weighted by molar-refractivity contribution is 6.43. The molecule has 2 aromatic carbocycles. The first-order chi connectivity index (χ1) is 26.9. The predicted octanol–water partition coefficient (Wildman–Crippen LogP) is 9.53. The van der Waals surface area contributed by atoms with Gasteiger partial charge in [-0.05, 0) is 80.8 Å². The van der Waals surface area contributed by atoms with Gasteiger partial charge >= 0.3 is 6.18 Å². The van der Waals surface area contributed by atoms with Crippen LogP contribution >= 0.6 is 23.2 Å². The maximum absolute atomic E-state index is 17.2. The van der Waals surface area contributed by atoms with Crippen LogP contribution in [0.4, 0.5) is 17.6 Å². The van der Waals surface area contributed by atoms with Gasteiger partial charge in [0, 0.05) is 82.9 Å². The second-order valence-corrected chi connectivity index (χ2v) is 16.4. The highest BCUT2D eigenvalue weighted by atomic mass is 35.5. The number of pyridine rings is 2. The molecule has 4 fully saturated rings. The van der Waals surface area contributed by atoms with Crippen LogP contribution < -0.4 is 5.32 Å². The third-order valence-electron chi connectivity index (χ3n) is 12.3. The second kappa shape index (κ2) is 14.3. The van der Waals surface area contributed by atoms with Crippen molar-refractivity contribution in [1.29, 1.82) is 5.26 Å². The molecule has 8 nitrogen and oxygen atoms in total. The number of amides is 1. The Hall–Kier alpha value is -4.28. The maximum Gasteiger partial charge on any atom is 0.433 e. The number of alkyl halides is 3. The molecule has 9 rings (SSSR count). The zero-order chi connectivity index (χ0) is 39.0. The summed E-state index contributed by atoms with van der Waals surface area (Å²) >= 11 is 13.1. The molecule has 3 aromatic heterocycles. The van der Waals surface area contributed by atoms with Crippen LogP contribution in [0.3, 0.4) is 0 Å². The van der Waals surface area contributed by atoms with Crippen LogP contribution in [0.2, 0.25) is 10.0 Å². The summed E-state index contributed by atoms with van der Waals surface area (Å²) in [5.41, 5.74) is 2.71. The third-order valence-corrected chi connectivity index (χ3v) is 13.1. The van der Waals surface area contributed by atoms with Crippen molar-refractivity contribution in [1.82, 2.24) is 24.8 Å². The summed E-state index contributed by atoms with van der Waals surface area (Å²) in [6.07, 6.45) is -0.798. The normalized spacial score (nSPS) is 23.5. The van der Waals surface area contributed by atoms with Crippen molar-refractivity contribution in [2.75, 3.05) is 19.6 Å². The molecule has 5 atom stereocenters. The Morgan fingerprint density at radius 1 is 1.09 bits per heavy atom. The molecular weight excluding hydrogens is 767 g/mol. The van der Waals surface area contributed by atoms with E-state index in [4.69, 9.17) is 32.9 Å². The number of aromatic nitrogens is 3. The molecule has 1 N–H and O–H groups in total. The van der Waals surface area contributed by atoms with Gasteiger partial charge in [0.25, 0.3) is 0 Å². The first-order valence-corrected chi connectivity index (χ1v) is 19.8. The average Bonchev–Trinajstić information content (AvgIpc) is 3.66.